The van der Waals surface area contributed by atoms with Crippen LogP contribution in [0.4, 0.5) is 0 Å². The summed E-state index contributed by atoms with van der Waals surface area (Å²) in [7, 11) is -4.38. The largest absolute Gasteiger partial charge is 0.472 e. The van der Waals surface area contributed by atoms with Gasteiger partial charge >= 0.3 is 19.8 Å². The molecule has 0 radical (unpaired) electrons. The second-order valence-corrected chi connectivity index (χ2v) is 23.1. The highest BCUT2D eigenvalue weighted by atomic mass is 31.2. The van der Waals surface area contributed by atoms with Crippen LogP contribution >= 0.6 is 7.82 Å². The Morgan fingerprint density at radius 2 is 0.606 bits per heavy atom. The number of ether oxygens (including phenoxy) is 2. The number of carbonyl (C=O) groups is 2. The molecule has 0 rings (SSSR count). The minimum atomic E-state index is -4.38. The number of hydrogen-bond acceptors (Lipinski definition) is 8. The Kier molecular flexibility index (Phi) is 57.5. The molecule has 3 N–H and O–H groups in total. The van der Waals surface area contributed by atoms with Gasteiger partial charge in [-0.15, -0.1) is 0 Å². The fourth-order valence-corrected chi connectivity index (χ4v) is 10.6. The second kappa shape index (κ2) is 58.3. The molecule has 9 nitrogen and oxygen atoms in total. The smallest absolute Gasteiger partial charge is 0.462 e. The molecule has 0 saturated carbocycles. The summed E-state index contributed by atoms with van der Waals surface area (Å²) < 4.78 is 33.1. The molecule has 0 aliphatic rings. The SMILES string of the molecule is CCCCCCCCCCCCCCCCCCCCCCCCCCCCCC(=O)OC(COC(=O)CCCCCCCCCCCCCCCCCCCCCCCCC)COP(=O)(O)OCCN. The lowest BCUT2D eigenvalue weighted by molar-refractivity contribution is -0.161. The van der Waals surface area contributed by atoms with Crippen LogP contribution in [0.5, 0.6) is 0 Å². The van der Waals surface area contributed by atoms with Crippen LogP contribution in [-0.4, -0.2) is 49.3 Å². The summed E-state index contributed by atoms with van der Waals surface area (Å²) in [6, 6.07) is 0. The molecule has 0 bridgehead atoms. The summed E-state index contributed by atoms with van der Waals surface area (Å²) in [6.07, 6.45) is 66.1. The van der Waals surface area contributed by atoms with Crippen LogP contribution in [0, 0.1) is 0 Å². The van der Waals surface area contributed by atoms with Crippen molar-refractivity contribution in [2.24, 2.45) is 5.73 Å². The fourth-order valence-electron chi connectivity index (χ4n) is 9.82. The normalized spacial score (nSPS) is 12.9. The van der Waals surface area contributed by atoms with Gasteiger partial charge in [-0.1, -0.05) is 322 Å². The van der Waals surface area contributed by atoms with Crippen molar-refractivity contribution in [3.8, 4) is 0 Å². The fraction of sp³-hybridized carbons (Fsp3) is 0.967. The van der Waals surface area contributed by atoms with Gasteiger partial charge in [0.15, 0.2) is 6.10 Å². The highest BCUT2D eigenvalue weighted by Gasteiger charge is 2.26. The van der Waals surface area contributed by atoms with Crippen molar-refractivity contribution in [3.63, 3.8) is 0 Å². The van der Waals surface area contributed by atoms with Crippen molar-refractivity contribution < 1.29 is 37.6 Å². The quantitative estimate of drug-likeness (QED) is 0.0347. The maximum atomic E-state index is 12.7. The molecule has 0 aliphatic carbocycles. The van der Waals surface area contributed by atoms with Gasteiger partial charge < -0.3 is 20.1 Å². The minimum absolute atomic E-state index is 0.0587. The third-order valence-electron chi connectivity index (χ3n) is 14.5. The van der Waals surface area contributed by atoms with Gasteiger partial charge in [-0.05, 0) is 12.8 Å². The van der Waals surface area contributed by atoms with Crippen LogP contribution in [0.2, 0.25) is 0 Å². The summed E-state index contributed by atoms with van der Waals surface area (Å²) in [5, 5.41) is 0. The first-order valence-electron chi connectivity index (χ1n) is 31.5. The highest BCUT2D eigenvalue weighted by molar-refractivity contribution is 7.47. The Hall–Kier alpha value is -0.990. The zero-order valence-corrected chi connectivity index (χ0v) is 48.4. The Morgan fingerprint density at radius 3 is 0.859 bits per heavy atom. The van der Waals surface area contributed by atoms with Gasteiger partial charge in [0.25, 0.3) is 0 Å². The van der Waals surface area contributed by atoms with E-state index in [1.54, 1.807) is 0 Å². The number of unbranched alkanes of at least 4 members (excludes halogenated alkanes) is 48. The molecule has 0 heterocycles. The first-order valence-corrected chi connectivity index (χ1v) is 33.0. The number of carbonyl (C=O) groups excluding carboxylic acids is 2. The van der Waals surface area contributed by atoms with Gasteiger partial charge in [-0.25, -0.2) is 4.57 Å². The van der Waals surface area contributed by atoms with Crippen molar-refractivity contribution in [2.75, 3.05) is 26.4 Å². The van der Waals surface area contributed by atoms with E-state index in [4.69, 9.17) is 24.3 Å². The third-order valence-corrected chi connectivity index (χ3v) is 15.5. The van der Waals surface area contributed by atoms with Crippen molar-refractivity contribution >= 4 is 19.8 Å². The van der Waals surface area contributed by atoms with E-state index in [-0.39, 0.29) is 32.1 Å². The topological polar surface area (TPSA) is 134 Å². The maximum absolute atomic E-state index is 12.7. The average molecular weight is 1030 g/mol. The number of hydrogen-bond donors (Lipinski definition) is 2. The molecule has 424 valence electrons. The third kappa shape index (κ3) is 58.1. The molecule has 0 fully saturated rings. The van der Waals surface area contributed by atoms with Crippen LogP contribution < -0.4 is 5.73 Å². The first-order chi connectivity index (χ1) is 34.8. The van der Waals surface area contributed by atoms with Crippen LogP contribution in [-0.2, 0) is 32.7 Å². The van der Waals surface area contributed by atoms with Crippen LogP contribution in [0.15, 0.2) is 0 Å². The van der Waals surface area contributed by atoms with Crippen LogP contribution in [0.3, 0.4) is 0 Å². The van der Waals surface area contributed by atoms with E-state index >= 15 is 0 Å². The molecular formula is C61H122NO8P. The molecule has 0 amide bonds. The number of esters is 2. The number of nitrogens with two attached hydrogens (primary N) is 1. The minimum Gasteiger partial charge on any atom is -0.462 e. The van der Waals surface area contributed by atoms with Gasteiger partial charge in [0, 0.05) is 19.4 Å². The number of phosphoric ester groups is 1. The van der Waals surface area contributed by atoms with Gasteiger partial charge in [0.2, 0.25) is 0 Å². The Morgan fingerprint density at radius 1 is 0.366 bits per heavy atom. The Bertz CT molecular complexity index is 1130. The maximum Gasteiger partial charge on any atom is 0.472 e. The molecule has 71 heavy (non-hydrogen) atoms. The molecule has 0 aliphatic heterocycles. The molecule has 2 atom stereocenters. The van der Waals surface area contributed by atoms with E-state index in [0.717, 1.165) is 32.1 Å². The zero-order valence-electron chi connectivity index (χ0n) is 47.5. The second-order valence-electron chi connectivity index (χ2n) is 21.7. The summed E-state index contributed by atoms with van der Waals surface area (Å²) >= 11 is 0. The molecule has 0 aromatic carbocycles. The standard InChI is InChI=1S/C61H122NO8P/c1-3-5-7-9-11-13-15-17-19-21-23-25-27-28-29-30-32-34-36-38-40-42-44-46-48-50-52-54-61(64)70-59(58-69-71(65,66)68-56-55-62)57-67-60(63)53-51-49-47-45-43-41-39-37-35-33-31-26-24-22-20-18-16-14-12-10-8-6-4-2/h59H,3-58,62H2,1-2H3,(H,65,66). The van der Waals surface area contributed by atoms with Gasteiger partial charge in [-0.2, -0.15) is 0 Å². The highest BCUT2D eigenvalue weighted by Crippen LogP contribution is 2.43. The molecule has 0 saturated heterocycles. The molecule has 0 spiro atoms. The van der Waals surface area contributed by atoms with Crippen LogP contribution in [0.1, 0.15) is 348 Å². The lowest BCUT2D eigenvalue weighted by Crippen LogP contribution is -2.29. The monoisotopic (exact) mass is 1030 g/mol. The molecular weight excluding hydrogens is 906 g/mol. The Balaban J connectivity index is 3.86. The van der Waals surface area contributed by atoms with Gasteiger partial charge in [-0.3, -0.25) is 18.6 Å². The molecule has 0 aromatic heterocycles. The number of rotatable bonds is 61. The number of phosphoric acid groups is 1. The molecule has 0 aromatic rings. The average Bonchev–Trinajstić information content (AvgIpc) is 3.36. The van der Waals surface area contributed by atoms with Crippen molar-refractivity contribution in [3.05, 3.63) is 0 Å². The van der Waals surface area contributed by atoms with Crippen molar-refractivity contribution in [2.45, 2.75) is 354 Å². The summed E-state index contributed by atoms with van der Waals surface area (Å²) in [5.41, 5.74) is 5.39. The predicted molar refractivity (Wildman–Crippen MR) is 303 cm³/mol. The molecule has 2 unspecified atom stereocenters. The van der Waals surface area contributed by atoms with E-state index in [0.29, 0.717) is 12.8 Å². The lowest BCUT2D eigenvalue weighted by Gasteiger charge is -2.19. The van der Waals surface area contributed by atoms with E-state index < -0.39 is 26.5 Å². The van der Waals surface area contributed by atoms with E-state index in [1.807, 2.05) is 0 Å². The predicted octanol–water partition coefficient (Wildman–Crippen LogP) is 19.9. The first kappa shape index (κ1) is 70.0. The van der Waals surface area contributed by atoms with Crippen molar-refractivity contribution in [1.29, 1.82) is 0 Å². The Labute approximate surface area is 441 Å². The van der Waals surface area contributed by atoms with E-state index in [1.165, 1.54) is 283 Å². The summed E-state index contributed by atoms with van der Waals surface area (Å²) in [6.45, 7) is 3.84. The van der Waals surface area contributed by atoms with Gasteiger partial charge in [0.1, 0.15) is 6.61 Å². The zero-order chi connectivity index (χ0) is 51.7. The van der Waals surface area contributed by atoms with Crippen molar-refractivity contribution in [1.82, 2.24) is 0 Å². The van der Waals surface area contributed by atoms with Gasteiger partial charge in [0.05, 0.1) is 13.2 Å². The van der Waals surface area contributed by atoms with Crippen LogP contribution in [0.25, 0.3) is 0 Å². The lowest BCUT2D eigenvalue weighted by atomic mass is 10.0. The summed E-state index contributed by atoms with van der Waals surface area (Å²) in [5.74, 6) is -0.800. The molecule has 10 heteroatoms. The van der Waals surface area contributed by atoms with E-state index in [9.17, 15) is 19.0 Å². The van der Waals surface area contributed by atoms with E-state index in [2.05, 4.69) is 13.8 Å². The summed E-state index contributed by atoms with van der Waals surface area (Å²) in [4.78, 5) is 35.2.